The van der Waals surface area contributed by atoms with Crippen LogP contribution in [0.1, 0.15) is 5.69 Å². The summed E-state index contributed by atoms with van der Waals surface area (Å²) >= 11 is 1.53. The molecule has 0 spiro atoms. The van der Waals surface area contributed by atoms with E-state index < -0.39 is 0 Å². The summed E-state index contributed by atoms with van der Waals surface area (Å²) in [6, 6.07) is 1.95. The van der Waals surface area contributed by atoms with Gasteiger partial charge in [0.05, 0.1) is 23.3 Å². The number of fused-ring (bicyclic) bond motifs is 1. The van der Waals surface area contributed by atoms with E-state index in [-0.39, 0.29) is 0 Å². The van der Waals surface area contributed by atoms with Crippen molar-refractivity contribution >= 4 is 11.9 Å². The first-order valence-corrected chi connectivity index (χ1v) is 3.74. The van der Waals surface area contributed by atoms with E-state index in [0.29, 0.717) is 0 Å². The standard InChI is InChI=1S/C5H6N4S/c1-2-6-8-4-3-7-9-10-5(1)4/h1-2,7,9H,3H2. The molecule has 0 aliphatic carbocycles. The van der Waals surface area contributed by atoms with E-state index >= 15 is 0 Å². The van der Waals surface area contributed by atoms with Gasteiger partial charge in [0.15, 0.2) is 0 Å². The summed E-state index contributed by atoms with van der Waals surface area (Å²) in [5.41, 5.74) is 3.96. The fraction of sp³-hybridized carbons (Fsp3) is 0.200. The molecule has 2 rings (SSSR count). The van der Waals surface area contributed by atoms with E-state index in [0.717, 1.165) is 17.1 Å². The average Bonchev–Trinajstić information content (AvgIpc) is 2.05. The van der Waals surface area contributed by atoms with Gasteiger partial charge in [-0.2, -0.15) is 15.0 Å². The summed E-state index contributed by atoms with van der Waals surface area (Å²) in [5, 5.41) is 7.71. The Kier molecular flexibility index (Phi) is 1.54. The molecule has 1 aromatic rings. The molecule has 0 saturated carbocycles. The highest BCUT2D eigenvalue weighted by atomic mass is 32.2. The zero-order valence-electron chi connectivity index (χ0n) is 5.16. The zero-order chi connectivity index (χ0) is 6.81. The molecule has 1 aliphatic heterocycles. The highest BCUT2D eigenvalue weighted by Crippen LogP contribution is 2.18. The number of nitrogens with one attached hydrogen (secondary N) is 2. The fourth-order valence-electron chi connectivity index (χ4n) is 0.776. The summed E-state index contributed by atoms with van der Waals surface area (Å²) < 4.78 is 0. The number of nitrogens with zero attached hydrogens (tertiary/aromatic N) is 2. The molecule has 10 heavy (non-hydrogen) atoms. The average molecular weight is 154 g/mol. The third-order valence-electron chi connectivity index (χ3n) is 1.24. The van der Waals surface area contributed by atoms with Crippen molar-refractivity contribution < 1.29 is 0 Å². The summed E-state index contributed by atoms with van der Waals surface area (Å²) in [5.74, 6) is 0. The smallest absolute Gasteiger partial charge is 0.0932 e. The molecule has 5 heteroatoms. The van der Waals surface area contributed by atoms with Crippen molar-refractivity contribution in [3.8, 4) is 0 Å². The Morgan fingerprint density at radius 3 is 3.50 bits per heavy atom. The maximum absolute atomic E-state index is 3.95. The first-order chi connectivity index (χ1) is 4.97. The van der Waals surface area contributed by atoms with Crippen LogP contribution in [0.25, 0.3) is 0 Å². The van der Waals surface area contributed by atoms with Crippen LogP contribution in [0.15, 0.2) is 17.2 Å². The van der Waals surface area contributed by atoms with E-state index in [9.17, 15) is 0 Å². The summed E-state index contributed by atoms with van der Waals surface area (Å²) in [7, 11) is 0. The van der Waals surface area contributed by atoms with Crippen LogP contribution in [0.3, 0.4) is 0 Å². The van der Waals surface area contributed by atoms with Crippen LogP contribution in [0.2, 0.25) is 0 Å². The second-order valence-corrected chi connectivity index (χ2v) is 2.75. The van der Waals surface area contributed by atoms with Gasteiger partial charge in [-0.25, -0.2) is 5.43 Å². The lowest BCUT2D eigenvalue weighted by atomic mass is 10.4. The number of aromatic nitrogens is 2. The van der Waals surface area contributed by atoms with Crippen LogP contribution in [-0.2, 0) is 6.54 Å². The van der Waals surface area contributed by atoms with Gasteiger partial charge in [-0.3, -0.25) is 0 Å². The van der Waals surface area contributed by atoms with Gasteiger partial charge in [-0.15, -0.1) is 0 Å². The van der Waals surface area contributed by atoms with Gasteiger partial charge in [0, 0.05) is 0 Å². The van der Waals surface area contributed by atoms with Gasteiger partial charge >= 0.3 is 0 Å². The van der Waals surface area contributed by atoms with Crippen molar-refractivity contribution in [1.29, 1.82) is 0 Å². The SMILES string of the molecule is c1cc2c(nn1)CNNS2. The third kappa shape index (κ3) is 0.985. The monoisotopic (exact) mass is 154 g/mol. The minimum absolute atomic E-state index is 0.746. The van der Waals surface area contributed by atoms with E-state index in [2.05, 4.69) is 20.5 Å². The van der Waals surface area contributed by atoms with Crippen molar-refractivity contribution in [2.75, 3.05) is 0 Å². The molecule has 0 amide bonds. The molecule has 0 saturated heterocycles. The Morgan fingerprint density at radius 2 is 2.60 bits per heavy atom. The first kappa shape index (κ1) is 6.09. The van der Waals surface area contributed by atoms with Crippen molar-refractivity contribution in [3.63, 3.8) is 0 Å². The minimum Gasteiger partial charge on any atom is -0.242 e. The molecular formula is C5H6N4S. The van der Waals surface area contributed by atoms with Crippen LogP contribution in [0, 0.1) is 0 Å². The Hall–Kier alpha value is -0.650. The third-order valence-corrected chi connectivity index (χ3v) is 2.08. The molecule has 1 aromatic heterocycles. The van der Waals surface area contributed by atoms with Gasteiger partial charge in [0.25, 0.3) is 0 Å². The predicted octanol–water partition coefficient (Wildman–Crippen LogP) is 0.0915. The lowest BCUT2D eigenvalue weighted by Crippen LogP contribution is -2.29. The van der Waals surface area contributed by atoms with E-state index in [1.54, 1.807) is 6.20 Å². The molecule has 0 fully saturated rings. The Balaban J connectivity index is 2.41. The molecule has 2 heterocycles. The number of hydrazine groups is 1. The number of hydrogen-bond donors (Lipinski definition) is 2. The normalized spacial score (nSPS) is 16.4. The highest BCUT2D eigenvalue weighted by molar-refractivity contribution is 7.97. The summed E-state index contributed by atoms with van der Waals surface area (Å²) in [6.45, 7) is 0.746. The molecular weight excluding hydrogens is 148 g/mol. The lowest BCUT2D eigenvalue weighted by Gasteiger charge is -2.13. The summed E-state index contributed by atoms with van der Waals surface area (Å²) in [6.07, 6.45) is 1.69. The topological polar surface area (TPSA) is 49.8 Å². The van der Waals surface area contributed by atoms with Gasteiger partial charge in [-0.1, -0.05) is 0 Å². The molecule has 0 radical (unpaired) electrons. The highest BCUT2D eigenvalue weighted by Gasteiger charge is 2.08. The van der Waals surface area contributed by atoms with Gasteiger partial charge in [-0.05, 0) is 18.0 Å². The first-order valence-electron chi connectivity index (χ1n) is 2.92. The predicted molar refractivity (Wildman–Crippen MR) is 37.9 cm³/mol. The number of rotatable bonds is 0. The minimum atomic E-state index is 0.746. The van der Waals surface area contributed by atoms with E-state index in [4.69, 9.17) is 0 Å². The fourth-order valence-corrected chi connectivity index (χ4v) is 1.39. The van der Waals surface area contributed by atoms with Crippen LogP contribution in [0.4, 0.5) is 0 Å². The lowest BCUT2D eigenvalue weighted by molar-refractivity contribution is 0.632. The maximum Gasteiger partial charge on any atom is 0.0932 e. The molecule has 2 N–H and O–H groups in total. The number of hydrogen-bond acceptors (Lipinski definition) is 5. The summed E-state index contributed by atoms with van der Waals surface area (Å²) in [4.78, 5) is 4.09. The van der Waals surface area contributed by atoms with Gasteiger partial charge < -0.3 is 0 Å². The molecule has 52 valence electrons. The van der Waals surface area contributed by atoms with Crippen molar-refractivity contribution in [1.82, 2.24) is 20.5 Å². The second-order valence-electron chi connectivity index (χ2n) is 1.90. The molecule has 0 bridgehead atoms. The molecule has 0 unspecified atom stereocenters. The van der Waals surface area contributed by atoms with Crippen LogP contribution in [-0.4, -0.2) is 10.2 Å². The largest absolute Gasteiger partial charge is 0.242 e. The van der Waals surface area contributed by atoms with Gasteiger partial charge in [0.1, 0.15) is 0 Å². The van der Waals surface area contributed by atoms with Crippen molar-refractivity contribution in [3.05, 3.63) is 18.0 Å². The Morgan fingerprint density at radius 1 is 1.60 bits per heavy atom. The molecule has 0 aromatic carbocycles. The quantitative estimate of drug-likeness (QED) is 0.519. The molecule has 1 aliphatic rings. The maximum atomic E-state index is 3.95. The van der Waals surface area contributed by atoms with Crippen LogP contribution in [0.5, 0.6) is 0 Å². The molecule has 4 nitrogen and oxygen atoms in total. The second kappa shape index (κ2) is 2.53. The van der Waals surface area contributed by atoms with E-state index in [1.165, 1.54) is 11.9 Å². The zero-order valence-corrected chi connectivity index (χ0v) is 5.98. The van der Waals surface area contributed by atoms with Gasteiger partial charge in [0.2, 0.25) is 0 Å². The Bertz CT molecular complexity index is 214. The van der Waals surface area contributed by atoms with Crippen molar-refractivity contribution in [2.24, 2.45) is 0 Å². The Labute approximate surface area is 62.5 Å². The van der Waals surface area contributed by atoms with Crippen LogP contribution < -0.4 is 10.3 Å². The van der Waals surface area contributed by atoms with Crippen LogP contribution >= 0.6 is 11.9 Å². The van der Waals surface area contributed by atoms with E-state index in [1.807, 2.05) is 6.07 Å². The van der Waals surface area contributed by atoms with Crippen molar-refractivity contribution in [2.45, 2.75) is 11.4 Å². The molecule has 0 atom stereocenters.